The van der Waals surface area contributed by atoms with Crippen molar-refractivity contribution < 1.29 is 34.3 Å². The highest BCUT2D eigenvalue weighted by Crippen LogP contribution is 2.31. The highest BCUT2D eigenvalue weighted by Gasteiger charge is 2.46. The lowest BCUT2D eigenvalue weighted by molar-refractivity contribution is -0.324. The van der Waals surface area contributed by atoms with Crippen LogP contribution in [0.2, 0.25) is 0 Å². The number of ether oxygens (including phenoxy) is 3. The predicted molar refractivity (Wildman–Crippen MR) is 273 cm³/mol. The van der Waals surface area contributed by atoms with E-state index < -0.39 is 36.3 Å². The van der Waals surface area contributed by atoms with Gasteiger partial charge in [-0.05, 0) is 112 Å². The molecule has 7 heteroatoms. The minimum atomic E-state index is -1.45. The van der Waals surface area contributed by atoms with Crippen molar-refractivity contribution in [1.82, 2.24) is 0 Å². The van der Waals surface area contributed by atoms with E-state index in [-0.39, 0.29) is 12.6 Å². The number of carbonyl (C=O) groups is 1. The zero-order chi connectivity index (χ0) is 48.2. The third kappa shape index (κ3) is 26.2. The topological polar surface area (TPSA) is 105 Å². The van der Waals surface area contributed by atoms with Crippen LogP contribution in [0.15, 0.2) is 12.1 Å². The summed E-state index contributed by atoms with van der Waals surface area (Å²) in [5, 5.41) is 31.9. The van der Waals surface area contributed by atoms with E-state index in [2.05, 4.69) is 74.4 Å². The lowest BCUT2D eigenvalue weighted by Crippen LogP contribution is -2.60. The Hall–Kier alpha value is -1.51. The van der Waals surface area contributed by atoms with Crippen molar-refractivity contribution in [2.75, 3.05) is 6.61 Å². The van der Waals surface area contributed by atoms with Gasteiger partial charge in [0.15, 0.2) is 6.29 Å². The molecule has 7 nitrogen and oxygen atoms in total. The molecule has 1 fully saturated rings. The molecule has 65 heavy (non-hydrogen) atoms. The maximum absolute atomic E-state index is 12.4. The average Bonchev–Trinajstić information content (AvgIpc) is 3.25. The minimum absolute atomic E-state index is 0.188. The van der Waals surface area contributed by atoms with Gasteiger partial charge in [-0.2, -0.15) is 0 Å². The normalized spacial score (nSPS) is 21.5. The number of carbonyl (C=O) groups excluding carboxylic acids is 1. The van der Waals surface area contributed by atoms with Crippen molar-refractivity contribution in [2.45, 2.75) is 292 Å². The van der Waals surface area contributed by atoms with E-state index in [1.54, 1.807) is 5.56 Å². The Morgan fingerprint density at radius 3 is 1.55 bits per heavy atom. The summed E-state index contributed by atoms with van der Waals surface area (Å²) < 4.78 is 17.6. The standard InChI is InChI=1S/C58H106O7/c1-12-13-14-15-16-17-18-19-20-36-53(59)63-42-52-54(60)55(61)56(62)57(64-52)65-58(10,11)41-26-35-46(5)33-24-32-45(4)31-23-29-43(2)27-21-22-28-44(3)30-25-34-47(6)37-40-51-49(8)39-38-48(7)50(51)9/h38-39,43-47,52,54-57,60-62H,12-37,40-42H2,1-11H3/t43-,44-,45-,46-,47-,52-,54-,55+,56-,57-/m1/s1. The van der Waals surface area contributed by atoms with Crippen LogP contribution in [-0.4, -0.2) is 64.2 Å². The summed E-state index contributed by atoms with van der Waals surface area (Å²) in [5.74, 6) is 3.58. The summed E-state index contributed by atoms with van der Waals surface area (Å²) in [4.78, 5) is 12.4. The molecule has 1 heterocycles. The van der Waals surface area contributed by atoms with E-state index in [1.165, 1.54) is 152 Å². The molecular weight excluding hydrogens is 809 g/mol. The number of hydrogen-bond acceptors (Lipinski definition) is 7. The zero-order valence-electron chi connectivity index (χ0n) is 44.4. The van der Waals surface area contributed by atoms with E-state index >= 15 is 0 Å². The summed E-state index contributed by atoms with van der Waals surface area (Å²) in [7, 11) is 0. The first kappa shape index (κ1) is 59.6. The Balaban J connectivity index is 1.51. The lowest BCUT2D eigenvalue weighted by Gasteiger charge is -2.43. The molecule has 0 saturated carbocycles. The second-order valence-corrected chi connectivity index (χ2v) is 22.5. The Kier molecular flexibility index (Phi) is 31.1. The number of unbranched alkanes of at least 4 members (excludes halogenated alkanes) is 9. The molecule has 1 aliphatic heterocycles. The third-order valence-electron chi connectivity index (χ3n) is 15.3. The fourth-order valence-corrected chi connectivity index (χ4v) is 10.2. The van der Waals surface area contributed by atoms with E-state index in [0.29, 0.717) is 12.3 Å². The third-order valence-corrected chi connectivity index (χ3v) is 15.3. The monoisotopic (exact) mass is 915 g/mol. The van der Waals surface area contributed by atoms with Crippen molar-refractivity contribution in [1.29, 1.82) is 0 Å². The number of rotatable bonds is 38. The molecule has 3 N–H and O–H groups in total. The van der Waals surface area contributed by atoms with Crippen LogP contribution in [0.4, 0.5) is 0 Å². The van der Waals surface area contributed by atoms with Gasteiger partial charge in [0, 0.05) is 6.42 Å². The molecule has 0 radical (unpaired) electrons. The number of esters is 1. The van der Waals surface area contributed by atoms with Gasteiger partial charge in [-0.25, -0.2) is 0 Å². The van der Waals surface area contributed by atoms with Crippen LogP contribution < -0.4 is 0 Å². The van der Waals surface area contributed by atoms with Crippen LogP contribution in [0, 0.1) is 50.4 Å². The largest absolute Gasteiger partial charge is 0.463 e. The van der Waals surface area contributed by atoms with Crippen molar-refractivity contribution in [3.8, 4) is 0 Å². The van der Waals surface area contributed by atoms with Crippen LogP contribution in [0.5, 0.6) is 0 Å². The van der Waals surface area contributed by atoms with Crippen LogP contribution in [-0.2, 0) is 25.4 Å². The molecular formula is C58H106O7. The molecule has 0 aliphatic carbocycles. The molecule has 0 unspecified atom stereocenters. The predicted octanol–water partition coefficient (Wildman–Crippen LogP) is 15.0. The number of aliphatic hydroxyl groups is 3. The zero-order valence-corrected chi connectivity index (χ0v) is 44.4. The van der Waals surface area contributed by atoms with Crippen molar-refractivity contribution in [3.63, 3.8) is 0 Å². The number of aliphatic hydroxyl groups excluding tert-OH is 3. The molecule has 1 aliphatic rings. The van der Waals surface area contributed by atoms with E-state index in [9.17, 15) is 20.1 Å². The first-order chi connectivity index (χ1) is 30.9. The van der Waals surface area contributed by atoms with E-state index in [1.807, 2.05) is 13.8 Å². The first-order valence-corrected chi connectivity index (χ1v) is 27.5. The van der Waals surface area contributed by atoms with Gasteiger partial charge in [-0.3, -0.25) is 4.79 Å². The molecule has 10 atom stereocenters. The Bertz CT molecular complexity index is 1360. The van der Waals surface area contributed by atoms with Gasteiger partial charge in [0.2, 0.25) is 0 Å². The quantitative estimate of drug-likeness (QED) is 0.0448. The first-order valence-electron chi connectivity index (χ1n) is 27.5. The lowest BCUT2D eigenvalue weighted by atomic mass is 9.88. The Morgan fingerprint density at radius 1 is 0.585 bits per heavy atom. The Morgan fingerprint density at radius 2 is 1.03 bits per heavy atom. The smallest absolute Gasteiger partial charge is 0.305 e. The summed E-state index contributed by atoms with van der Waals surface area (Å²) in [5.41, 5.74) is 5.37. The fourth-order valence-electron chi connectivity index (χ4n) is 10.2. The Labute approximate surface area is 401 Å². The maximum atomic E-state index is 12.4. The van der Waals surface area contributed by atoms with Crippen LogP contribution in [0.1, 0.15) is 251 Å². The van der Waals surface area contributed by atoms with Crippen molar-refractivity contribution in [2.24, 2.45) is 29.6 Å². The number of aryl methyl sites for hydroxylation is 2. The number of benzene rings is 1. The van der Waals surface area contributed by atoms with Gasteiger partial charge >= 0.3 is 5.97 Å². The summed E-state index contributed by atoms with van der Waals surface area (Å²) >= 11 is 0. The van der Waals surface area contributed by atoms with E-state index in [4.69, 9.17) is 14.2 Å². The molecule has 1 aromatic carbocycles. The summed E-state index contributed by atoms with van der Waals surface area (Å²) in [6.45, 7) is 25.0. The average molecular weight is 915 g/mol. The molecule has 1 aromatic rings. The maximum Gasteiger partial charge on any atom is 0.305 e. The van der Waals surface area contributed by atoms with Crippen molar-refractivity contribution >= 4 is 5.97 Å². The van der Waals surface area contributed by atoms with E-state index in [0.717, 1.165) is 62.2 Å². The molecule has 2 rings (SSSR count). The molecule has 0 aromatic heterocycles. The van der Waals surface area contributed by atoms with Crippen LogP contribution in [0.3, 0.4) is 0 Å². The molecule has 0 bridgehead atoms. The van der Waals surface area contributed by atoms with Crippen LogP contribution >= 0.6 is 0 Å². The van der Waals surface area contributed by atoms with Gasteiger partial charge in [-0.15, -0.1) is 0 Å². The van der Waals surface area contributed by atoms with Gasteiger partial charge in [0.1, 0.15) is 31.0 Å². The molecule has 380 valence electrons. The summed E-state index contributed by atoms with van der Waals surface area (Å²) in [6, 6.07) is 4.56. The molecule has 0 amide bonds. The highest BCUT2D eigenvalue weighted by molar-refractivity contribution is 5.69. The second kappa shape index (κ2) is 33.9. The SMILES string of the molecule is CCCCCCCCCCCC(=O)OC[C@H]1O[C@H](OC(C)(C)CCC[C@H](C)CCC[C@H](C)CCC[C@H](C)CCCC[C@@H](C)CCC[C@@H](C)CCc2c(C)ccc(C)c2C)[C@H](O)[C@@H](O)[C@@H]1O. The number of hydrogen-bond donors (Lipinski definition) is 3. The fraction of sp³-hybridized carbons (Fsp3) is 0.879. The van der Waals surface area contributed by atoms with Gasteiger partial charge in [0.25, 0.3) is 0 Å². The molecule has 0 spiro atoms. The van der Waals surface area contributed by atoms with Gasteiger partial charge in [-0.1, -0.05) is 201 Å². The molecule has 1 saturated heterocycles. The van der Waals surface area contributed by atoms with Crippen LogP contribution in [0.25, 0.3) is 0 Å². The van der Waals surface area contributed by atoms with Gasteiger partial charge < -0.3 is 29.5 Å². The van der Waals surface area contributed by atoms with Crippen molar-refractivity contribution in [3.05, 3.63) is 34.4 Å². The van der Waals surface area contributed by atoms with Gasteiger partial charge in [0.05, 0.1) is 5.60 Å². The highest BCUT2D eigenvalue weighted by atomic mass is 16.7. The second-order valence-electron chi connectivity index (χ2n) is 22.5. The minimum Gasteiger partial charge on any atom is -0.463 e. The summed E-state index contributed by atoms with van der Waals surface area (Å²) in [6.07, 6.45) is 27.5.